The van der Waals surface area contributed by atoms with Crippen LogP contribution in [0.3, 0.4) is 0 Å². The molecule has 0 radical (unpaired) electrons. The van der Waals surface area contributed by atoms with Crippen molar-refractivity contribution in [2.24, 2.45) is 11.8 Å². The lowest BCUT2D eigenvalue weighted by Crippen LogP contribution is -2.39. The molecule has 1 unspecified atom stereocenters. The molecule has 0 saturated carbocycles. The van der Waals surface area contributed by atoms with Crippen molar-refractivity contribution in [1.82, 2.24) is 5.32 Å². The van der Waals surface area contributed by atoms with Crippen molar-refractivity contribution in [2.75, 3.05) is 19.8 Å². The van der Waals surface area contributed by atoms with Gasteiger partial charge in [0.15, 0.2) is 0 Å². The van der Waals surface area contributed by atoms with Crippen molar-refractivity contribution in [2.45, 2.75) is 59.9 Å². The zero-order valence-electron chi connectivity index (χ0n) is 12.1. The number of nitrogens with one attached hydrogen (secondary N) is 1. The molecule has 0 amide bonds. The van der Waals surface area contributed by atoms with Crippen molar-refractivity contribution < 1.29 is 4.74 Å². The quantitative estimate of drug-likeness (QED) is 0.644. The van der Waals surface area contributed by atoms with Gasteiger partial charge in [-0.3, -0.25) is 0 Å². The van der Waals surface area contributed by atoms with E-state index in [1.807, 2.05) is 0 Å². The van der Waals surface area contributed by atoms with Crippen LogP contribution in [-0.2, 0) is 4.74 Å². The third-order valence-corrected chi connectivity index (χ3v) is 2.62. The van der Waals surface area contributed by atoms with Gasteiger partial charge in [0, 0.05) is 18.8 Å². The van der Waals surface area contributed by atoms with Gasteiger partial charge in [-0.05, 0) is 45.6 Å². The van der Waals surface area contributed by atoms with Gasteiger partial charge >= 0.3 is 0 Å². The Morgan fingerprint density at radius 2 is 1.81 bits per heavy atom. The molecular weight excluding hydrogens is 198 g/mol. The SMILES string of the molecule is CCC(CCOCC(C)C)CNC(C)(C)C. The maximum absolute atomic E-state index is 5.63. The van der Waals surface area contributed by atoms with Crippen LogP contribution in [0, 0.1) is 11.8 Å². The molecule has 16 heavy (non-hydrogen) atoms. The highest BCUT2D eigenvalue weighted by atomic mass is 16.5. The summed E-state index contributed by atoms with van der Waals surface area (Å²) in [6, 6.07) is 0. The van der Waals surface area contributed by atoms with Crippen molar-refractivity contribution in [3.63, 3.8) is 0 Å². The molecule has 0 spiro atoms. The van der Waals surface area contributed by atoms with Gasteiger partial charge in [-0.15, -0.1) is 0 Å². The smallest absolute Gasteiger partial charge is 0.0488 e. The minimum Gasteiger partial charge on any atom is -0.381 e. The van der Waals surface area contributed by atoms with Crippen LogP contribution in [0.25, 0.3) is 0 Å². The monoisotopic (exact) mass is 229 g/mol. The highest BCUT2D eigenvalue weighted by Gasteiger charge is 2.12. The van der Waals surface area contributed by atoms with Gasteiger partial charge < -0.3 is 10.1 Å². The normalized spacial score (nSPS) is 14.4. The Kier molecular flexibility index (Phi) is 8.04. The summed E-state index contributed by atoms with van der Waals surface area (Å²) in [6.07, 6.45) is 2.40. The first-order chi connectivity index (χ1) is 7.35. The lowest BCUT2D eigenvalue weighted by molar-refractivity contribution is 0.0963. The summed E-state index contributed by atoms with van der Waals surface area (Å²) in [4.78, 5) is 0. The molecule has 0 aliphatic carbocycles. The number of hydrogen-bond acceptors (Lipinski definition) is 2. The standard InChI is InChI=1S/C14H31NO/c1-7-13(10-15-14(4,5)6)8-9-16-11-12(2)3/h12-13,15H,7-11H2,1-6H3. The van der Waals surface area contributed by atoms with Gasteiger partial charge in [0.25, 0.3) is 0 Å². The lowest BCUT2D eigenvalue weighted by atomic mass is 10.0. The summed E-state index contributed by atoms with van der Waals surface area (Å²) in [5.41, 5.74) is 0.228. The third kappa shape index (κ3) is 10.4. The Morgan fingerprint density at radius 1 is 1.19 bits per heavy atom. The van der Waals surface area contributed by atoms with Crippen LogP contribution >= 0.6 is 0 Å². The van der Waals surface area contributed by atoms with Crippen LogP contribution in [0.1, 0.15) is 54.4 Å². The highest BCUT2D eigenvalue weighted by Crippen LogP contribution is 2.10. The van der Waals surface area contributed by atoms with Crippen molar-refractivity contribution in [3.05, 3.63) is 0 Å². The fourth-order valence-corrected chi connectivity index (χ4v) is 1.47. The maximum Gasteiger partial charge on any atom is 0.0488 e. The molecule has 0 aromatic carbocycles. The molecule has 0 aromatic heterocycles. The van der Waals surface area contributed by atoms with Gasteiger partial charge in [0.05, 0.1) is 0 Å². The second kappa shape index (κ2) is 8.08. The van der Waals surface area contributed by atoms with E-state index in [4.69, 9.17) is 4.74 Å². The number of rotatable bonds is 8. The molecule has 0 fully saturated rings. The van der Waals surface area contributed by atoms with Crippen LogP contribution < -0.4 is 5.32 Å². The van der Waals surface area contributed by atoms with Gasteiger partial charge in [0.1, 0.15) is 0 Å². The Balaban J connectivity index is 3.59. The molecule has 2 nitrogen and oxygen atoms in total. The van der Waals surface area contributed by atoms with E-state index in [0.29, 0.717) is 5.92 Å². The second-order valence-electron chi connectivity index (χ2n) is 6.16. The van der Waals surface area contributed by atoms with E-state index in [2.05, 4.69) is 46.9 Å². The summed E-state index contributed by atoms with van der Waals surface area (Å²) in [6.45, 7) is 16.2. The Labute approximate surface area is 102 Å². The first-order valence-corrected chi connectivity index (χ1v) is 6.68. The van der Waals surface area contributed by atoms with Crippen molar-refractivity contribution >= 4 is 0 Å². The van der Waals surface area contributed by atoms with Gasteiger partial charge in [-0.2, -0.15) is 0 Å². The topological polar surface area (TPSA) is 21.3 Å². The first kappa shape index (κ1) is 15.9. The summed E-state index contributed by atoms with van der Waals surface area (Å²) < 4.78 is 5.63. The average Bonchev–Trinajstić information content (AvgIpc) is 2.15. The summed E-state index contributed by atoms with van der Waals surface area (Å²) in [5.74, 6) is 1.39. The average molecular weight is 229 g/mol. The number of ether oxygens (including phenoxy) is 1. The molecule has 0 bridgehead atoms. The molecule has 0 aromatic rings. The Morgan fingerprint density at radius 3 is 2.25 bits per heavy atom. The largest absolute Gasteiger partial charge is 0.381 e. The molecule has 0 rings (SSSR count). The molecule has 98 valence electrons. The number of hydrogen-bond donors (Lipinski definition) is 1. The lowest BCUT2D eigenvalue weighted by Gasteiger charge is -2.24. The molecule has 0 saturated heterocycles. The molecule has 2 heteroatoms. The maximum atomic E-state index is 5.63. The first-order valence-electron chi connectivity index (χ1n) is 6.68. The van der Waals surface area contributed by atoms with E-state index in [-0.39, 0.29) is 5.54 Å². The minimum absolute atomic E-state index is 0.228. The van der Waals surface area contributed by atoms with E-state index >= 15 is 0 Å². The molecule has 0 aliphatic rings. The predicted octanol–water partition coefficient (Wildman–Crippen LogP) is 3.46. The molecule has 1 N–H and O–H groups in total. The minimum atomic E-state index is 0.228. The second-order valence-corrected chi connectivity index (χ2v) is 6.16. The van der Waals surface area contributed by atoms with E-state index in [1.54, 1.807) is 0 Å². The zero-order valence-corrected chi connectivity index (χ0v) is 12.1. The third-order valence-electron chi connectivity index (χ3n) is 2.62. The fraction of sp³-hybridized carbons (Fsp3) is 1.00. The predicted molar refractivity (Wildman–Crippen MR) is 71.8 cm³/mol. The highest BCUT2D eigenvalue weighted by molar-refractivity contribution is 4.72. The fourth-order valence-electron chi connectivity index (χ4n) is 1.47. The van der Waals surface area contributed by atoms with E-state index in [9.17, 15) is 0 Å². The van der Waals surface area contributed by atoms with Crippen LogP contribution in [0.4, 0.5) is 0 Å². The summed E-state index contributed by atoms with van der Waals surface area (Å²) in [7, 11) is 0. The van der Waals surface area contributed by atoms with E-state index in [1.165, 1.54) is 12.8 Å². The van der Waals surface area contributed by atoms with E-state index in [0.717, 1.165) is 25.7 Å². The molecule has 0 aliphatic heterocycles. The summed E-state index contributed by atoms with van der Waals surface area (Å²) in [5, 5.41) is 3.57. The van der Waals surface area contributed by atoms with Crippen LogP contribution in [-0.4, -0.2) is 25.3 Å². The molecule has 0 heterocycles. The zero-order chi connectivity index (χ0) is 12.6. The van der Waals surface area contributed by atoms with Gasteiger partial charge in [-0.25, -0.2) is 0 Å². The van der Waals surface area contributed by atoms with Crippen LogP contribution in [0.15, 0.2) is 0 Å². The summed E-state index contributed by atoms with van der Waals surface area (Å²) >= 11 is 0. The van der Waals surface area contributed by atoms with Gasteiger partial charge in [0.2, 0.25) is 0 Å². The Hall–Kier alpha value is -0.0800. The molecular formula is C14H31NO. The molecule has 1 atom stereocenters. The van der Waals surface area contributed by atoms with Crippen LogP contribution in [0.5, 0.6) is 0 Å². The van der Waals surface area contributed by atoms with Crippen molar-refractivity contribution in [1.29, 1.82) is 0 Å². The van der Waals surface area contributed by atoms with Crippen LogP contribution in [0.2, 0.25) is 0 Å². The Bertz CT molecular complexity index is 161. The van der Waals surface area contributed by atoms with Crippen molar-refractivity contribution in [3.8, 4) is 0 Å². The van der Waals surface area contributed by atoms with Gasteiger partial charge in [-0.1, -0.05) is 27.2 Å². The van der Waals surface area contributed by atoms with E-state index < -0.39 is 0 Å².